The zero-order chi connectivity index (χ0) is 13.7. The Kier molecular flexibility index (Phi) is 5.70. The summed E-state index contributed by atoms with van der Waals surface area (Å²) >= 11 is 0. The van der Waals surface area contributed by atoms with Crippen molar-refractivity contribution in [2.45, 2.75) is 96.3 Å². The highest BCUT2D eigenvalue weighted by Crippen LogP contribution is 2.43. The summed E-state index contributed by atoms with van der Waals surface area (Å²) in [6.45, 7) is 7.98. The van der Waals surface area contributed by atoms with Crippen LogP contribution in [0, 0.1) is 5.92 Å². The Balaban J connectivity index is 1.80. The molecule has 2 fully saturated rings. The standard InChI is InChI=1S/C17H33NO/c1-4-16(18-5-2)14(3)13-15-9-12-17(19-15)10-7-6-8-11-17/h14-16,18H,4-13H2,1-3H3. The molecule has 1 aliphatic heterocycles. The van der Waals surface area contributed by atoms with Crippen LogP contribution in [0.25, 0.3) is 0 Å². The van der Waals surface area contributed by atoms with E-state index in [2.05, 4.69) is 26.1 Å². The third-order valence-electron chi connectivity index (χ3n) is 5.33. The van der Waals surface area contributed by atoms with E-state index < -0.39 is 0 Å². The molecule has 3 unspecified atom stereocenters. The van der Waals surface area contributed by atoms with Crippen LogP contribution in [0.15, 0.2) is 0 Å². The minimum atomic E-state index is 0.294. The maximum absolute atomic E-state index is 6.51. The maximum Gasteiger partial charge on any atom is 0.0687 e. The molecule has 1 saturated heterocycles. The second-order valence-electron chi connectivity index (χ2n) is 6.81. The SMILES string of the molecule is CCNC(CC)C(C)CC1CCC2(CCCCC2)O1. The second-order valence-corrected chi connectivity index (χ2v) is 6.81. The molecule has 3 atom stereocenters. The molecule has 2 aliphatic rings. The minimum absolute atomic E-state index is 0.294. The molecular weight excluding hydrogens is 234 g/mol. The third kappa shape index (κ3) is 3.95. The lowest BCUT2D eigenvalue weighted by Crippen LogP contribution is -2.37. The second kappa shape index (κ2) is 7.08. The monoisotopic (exact) mass is 267 g/mol. The van der Waals surface area contributed by atoms with E-state index in [9.17, 15) is 0 Å². The summed E-state index contributed by atoms with van der Waals surface area (Å²) < 4.78 is 6.51. The van der Waals surface area contributed by atoms with E-state index in [1.807, 2.05) is 0 Å². The van der Waals surface area contributed by atoms with E-state index in [-0.39, 0.29) is 0 Å². The average molecular weight is 267 g/mol. The highest BCUT2D eigenvalue weighted by atomic mass is 16.5. The summed E-state index contributed by atoms with van der Waals surface area (Å²) in [5, 5.41) is 3.62. The van der Waals surface area contributed by atoms with Crippen LogP contribution in [0.2, 0.25) is 0 Å². The van der Waals surface area contributed by atoms with Gasteiger partial charge < -0.3 is 10.1 Å². The fourth-order valence-corrected chi connectivity index (χ4v) is 4.21. The maximum atomic E-state index is 6.51. The summed E-state index contributed by atoms with van der Waals surface area (Å²) in [4.78, 5) is 0. The van der Waals surface area contributed by atoms with Crippen LogP contribution in [-0.2, 0) is 4.74 Å². The van der Waals surface area contributed by atoms with Gasteiger partial charge in [0.15, 0.2) is 0 Å². The van der Waals surface area contributed by atoms with E-state index in [4.69, 9.17) is 4.74 Å². The van der Waals surface area contributed by atoms with Crippen molar-refractivity contribution < 1.29 is 4.74 Å². The number of nitrogens with one attached hydrogen (secondary N) is 1. The van der Waals surface area contributed by atoms with Crippen LogP contribution < -0.4 is 5.32 Å². The molecule has 0 aromatic heterocycles. The van der Waals surface area contributed by atoms with Gasteiger partial charge in [0.2, 0.25) is 0 Å². The van der Waals surface area contributed by atoms with Crippen molar-refractivity contribution in [1.29, 1.82) is 0 Å². The molecule has 19 heavy (non-hydrogen) atoms. The molecule has 1 saturated carbocycles. The minimum Gasteiger partial charge on any atom is -0.372 e. The van der Waals surface area contributed by atoms with Gasteiger partial charge in [-0.05, 0) is 51.0 Å². The molecule has 0 aromatic rings. The van der Waals surface area contributed by atoms with Gasteiger partial charge in [0.25, 0.3) is 0 Å². The van der Waals surface area contributed by atoms with Crippen LogP contribution in [0.4, 0.5) is 0 Å². The topological polar surface area (TPSA) is 21.3 Å². The van der Waals surface area contributed by atoms with Gasteiger partial charge in [0.05, 0.1) is 11.7 Å². The Bertz CT molecular complexity index is 260. The van der Waals surface area contributed by atoms with E-state index in [1.54, 1.807) is 0 Å². The Morgan fingerprint density at radius 1 is 1.16 bits per heavy atom. The van der Waals surface area contributed by atoms with Crippen LogP contribution in [0.3, 0.4) is 0 Å². The van der Waals surface area contributed by atoms with E-state index >= 15 is 0 Å². The molecule has 112 valence electrons. The molecule has 1 heterocycles. The Hall–Kier alpha value is -0.0800. The van der Waals surface area contributed by atoms with E-state index in [1.165, 1.54) is 57.8 Å². The number of rotatable bonds is 6. The van der Waals surface area contributed by atoms with Crippen molar-refractivity contribution in [3.05, 3.63) is 0 Å². The van der Waals surface area contributed by atoms with E-state index in [0.29, 0.717) is 17.7 Å². The van der Waals surface area contributed by atoms with Crippen molar-refractivity contribution in [3.63, 3.8) is 0 Å². The fraction of sp³-hybridized carbons (Fsp3) is 1.00. The highest BCUT2D eigenvalue weighted by Gasteiger charge is 2.41. The summed E-state index contributed by atoms with van der Waals surface area (Å²) in [6.07, 6.45) is 12.5. The summed E-state index contributed by atoms with van der Waals surface area (Å²) in [5.41, 5.74) is 0.294. The first kappa shape index (κ1) is 15.3. The predicted octanol–water partition coefficient (Wildman–Crippen LogP) is 4.28. The smallest absolute Gasteiger partial charge is 0.0687 e. The molecule has 0 aromatic carbocycles. The van der Waals surface area contributed by atoms with Crippen molar-refractivity contribution in [2.24, 2.45) is 5.92 Å². The largest absolute Gasteiger partial charge is 0.372 e. The number of hydrogen-bond donors (Lipinski definition) is 1. The molecule has 2 rings (SSSR count). The molecule has 0 amide bonds. The lowest BCUT2D eigenvalue weighted by atomic mass is 9.83. The lowest BCUT2D eigenvalue weighted by molar-refractivity contribution is -0.0703. The molecule has 1 aliphatic carbocycles. The normalized spacial score (nSPS) is 29.5. The third-order valence-corrected chi connectivity index (χ3v) is 5.33. The van der Waals surface area contributed by atoms with Gasteiger partial charge in [0, 0.05) is 6.04 Å². The average Bonchev–Trinajstić information content (AvgIpc) is 2.79. The zero-order valence-corrected chi connectivity index (χ0v) is 13.2. The first-order valence-corrected chi connectivity index (χ1v) is 8.60. The first-order valence-electron chi connectivity index (χ1n) is 8.60. The van der Waals surface area contributed by atoms with Gasteiger partial charge in [-0.25, -0.2) is 0 Å². The van der Waals surface area contributed by atoms with Crippen molar-refractivity contribution in [3.8, 4) is 0 Å². The molecule has 2 nitrogen and oxygen atoms in total. The zero-order valence-electron chi connectivity index (χ0n) is 13.2. The number of ether oxygens (including phenoxy) is 1. The van der Waals surface area contributed by atoms with Gasteiger partial charge in [-0.15, -0.1) is 0 Å². The van der Waals surface area contributed by atoms with Gasteiger partial charge in [-0.3, -0.25) is 0 Å². The summed E-state index contributed by atoms with van der Waals surface area (Å²) in [5.74, 6) is 0.730. The van der Waals surface area contributed by atoms with E-state index in [0.717, 1.165) is 12.5 Å². The molecule has 1 spiro atoms. The fourth-order valence-electron chi connectivity index (χ4n) is 4.21. The van der Waals surface area contributed by atoms with Crippen LogP contribution >= 0.6 is 0 Å². The molecule has 0 bridgehead atoms. The molecule has 2 heteroatoms. The van der Waals surface area contributed by atoms with Gasteiger partial charge in [-0.2, -0.15) is 0 Å². The van der Waals surface area contributed by atoms with Crippen molar-refractivity contribution >= 4 is 0 Å². The molecular formula is C17H33NO. The first-order chi connectivity index (χ1) is 9.19. The predicted molar refractivity (Wildman–Crippen MR) is 81.5 cm³/mol. The molecule has 0 radical (unpaired) electrons. The van der Waals surface area contributed by atoms with Gasteiger partial charge in [-0.1, -0.05) is 40.0 Å². The molecule has 1 N–H and O–H groups in total. The number of hydrogen-bond acceptors (Lipinski definition) is 2. The van der Waals surface area contributed by atoms with Crippen LogP contribution in [0.5, 0.6) is 0 Å². The summed E-state index contributed by atoms with van der Waals surface area (Å²) in [6, 6.07) is 0.663. The summed E-state index contributed by atoms with van der Waals surface area (Å²) in [7, 11) is 0. The Morgan fingerprint density at radius 2 is 1.89 bits per heavy atom. The van der Waals surface area contributed by atoms with Crippen LogP contribution in [-0.4, -0.2) is 24.3 Å². The van der Waals surface area contributed by atoms with Crippen LogP contribution in [0.1, 0.15) is 78.6 Å². The Labute approximate surface area is 119 Å². The van der Waals surface area contributed by atoms with Gasteiger partial charge >= 0.3 is 0 Å². The van der Waals surface area contributed by atoms with Crippen molar-refractivity contribution in [2.75, 3.05) is 6.54 Å². The Morgan fingerprint density at radius 3 is 2.53 bits per heavy atom. The van der Waals surface area contributed by atoms with Crippen molar-refractivity contribution in [1.82, 2.24) is 5.32 Å². The van der Waals surface area contributed by atoms with Gasteiger partial charge in [0.1, 0.15) is 0 Å². The highest BCUT2D eigenvalue weighted by molar-refractivity contribution is 4.92. The lowest BCUT2D eigenvalue weighted by Gasteiger charge is -2.34. The quantitative estimate of drug-likeness (QED) is 0.775.